The van der Waals surface area contributed by atoms with Crippen molar-refractivity contribution in [3.63, 3.8) is 0 Å². The molecule has 0 saturated heterocycles. The highest BCUT2D eigenvalue weighted by atomic mass is 19.1. The summed E-state index contributed by atoms with van der Waals surface area (Å²) in [5, 5.41) is 19.3. The first-order valence-corrected chi connectivity index (χ1v) is 5.26. The Balaban J connectivity index is 2.62. The van der Waals surface area contributed by atoms with Gasteiger partial charge < -0.3 is 10.2 Å². The van der Waals surface area contributed by atoms with Crippen molar-refractivity contribution in [3.05, 3.63) is 35.6 Å². The fourth-order valence-corrected chi connectivity index (χ4v) is 1.48. The summed E-state index contributed by atoms with van der Waals surface area (Å²) in [4.78, 5) is 0. The predicted molar refractivity (Wildman–Crippen MR) is 56.9 cm³/mol. The summed E-state index contributed by atoms with van der Waals surface area (Å²) in [5.74, 6) is -0.394. The van der Waals surface area contributed by atoms with E-state index >= 15 is 0 Å². The van der Waals surface area contributed by atoms with Crippen LogP contribution in [0.25, 0.3) is 0 Å². The van der Waals surface area contributed by atoms with Gasteiger partial charge in [-0.05, 0) is 24.1 Å². The van der Waals surface area contributed by atoms with Gasteiger partial charge in [0.05, 0.1) is 6.10 Å². The Morgan fingerprint density at radius 3 is 2.67 bits per heavy atom. The van der Waals surface area contributed by atoms with Gasteiger partial charge in [-0.1, -0.05) is 31.9 Å². The van der Waals surface area contributed by atoms with Crippen LogP contribution < -0.4 is 0 Å². The third-order valence-corrected chi connectivity index (χ3v) is 2.41. The number of unbranched alkanes of at least 4 members (excludes halogenated alkanes) is 1. The molecule has 1 aromatic carbocycles. The average Bonchev–Trinajstić information content (AvgIpc) is 2.24. The van der Waals surface area contributed by atoms with Crippen LogP contribution in [-0.2, 0) is 0 Å². The molecule has 2 N–H and O–H groups in total. The van der Waals surface area contributed by atoms with Gasteiger partial charge in [0.2, 0.25) is 0 Å². The molecular weight excluding hydrogens is 195 g/mol. The van der Waals surface area contributed by atoms with Crippen molar-refractivity contribution in [2.45, 2.75) is 38.4 Å². The second-order valence-electron chi connectivity index (χ2n) is 3.71. The van der Waals surface area contributed by atoms with E-state index in [0.717, 1.165) is 12.8 Å². The monoisotopic (exact) mass is 212 g/mol. The van der Waals surface area contributed by atoms with Crippen molar-refractivity contribution >= 4 is 0 Å². The van der Waals surface area contributed by atoms with Gasteiger partial charge in [0.15, 0.2) is 0 Å². The van der Waals surface area contributed by atoms with Crippen LogP contribution >= 0.6 is 0 Å². The third kappa shape index (κ3) is 3.61. The molecule has 2 atom stereocenters. The van der Waals surface area contributed by atoms with Crippen LogP contribution in [0.1, 0.15) is 37.9 Å². The van der Waals surface area contributed by atoms with Crippen molar-refractivity contribution < 1.29 is 14.6 Å². The zero-order valence-electron chi connectivity index (χ0n) is 8.86. The van der Waals surface area contributed by atoms with Gasteiger partial charge in [0.1, 0.15) is 11.9 Å². The Bertz CT molecular complexity index is 301. The highest BCUT2D eigenvalue weighted by molar-refractivity contribution is 5.19. The van der Waals surface area contributed by atoms with E-state index in [9.17, 15) is 14.6 Å². The van der Waals surface area contributed by atoms with Gasteiger partial charge in [-0.15, -0.1) is 0 Å². The Morgan fingerprint density at radius 2 is 2.07 bits per heavy atom. The van der Waals surface area contributed by atoms with Crippen LogP contribution in [0, 0.1) is 5.82 Å². The Labute approximate surface area is 89.4 Å². The summed E-state index contributed by atoms with van der Waals surface area (Å²) >= 11 is 0. The molecule has 84 valence electrons. The number of hydrogen-bond acceptors (Lipinski definition) is 2. The number of rotatable bonds is 5. The number of hydrogen-bond donors (Lipinski definition) is 2. The van der Waals surface area contributed by atoms with E-state index in [2.05, 4.69) is 0 Å². The molecule has 0 bridgehead atoms. The van der Waals surface area contributed by atoms with Crippen LogP contribution in [-0.4, -0.2) is 16.3 Å². The van der Waals surface area contributed by atoms with Crippen LogP contribution in [0.2, 0.25) is 0 Å². The van der Waals surface area contributed by atoms with Crippen molar-refractivity contribution in [2.24, 2.45) is 0 Å². The number of aliphatic hydroxyl groups is 2. The molecule has 0 saturated carbocycles. The standard InChI is InChI=1S/C12H17FO2/c1-2-3-7-11(14)12(15)9-5-4-6-10(13)8-9/h4-6,8,11-12,14-15H,2-3,7H2,1H3. The average molecular weight is 212 g/mol. The van der Waals surface area contributed by atoms with E-state index in [4.69, 9.17) is 0 Å². The van der Waals surface area contributed by atoms with Gasteiger partial charge in [0.25, 0.3) is 0 Å². The minimum absolute atomic E-state index is 0.394. The molecule has 0 aromatic heterocycles. The second-order valence-corrected chi connectivity index (χ2v) is 3.71. The first-order chi connectivity index (χ1) is 7.15. The van der Waals surface area contributed by atoms with E-state index in [-0.39, 0.29) is 0 Å². The molecule has 1 rings (SSSR count). The maximum Gasteiger partial charge on any atom is 0.123 e. The summed E-state index contributed by atoms with van der Waals surface area (Å²) in [5.41, 5.74) is 0.429. The molecular formula is C12H17FO2. The maximum atomic E-state index is 12.9. The molecule has 2 unspecified atom stereocenters. The van der Waals surface area contributed by atoms with E-state index in [1.54, 1.807) is 6.07 Å². The molecule has 3 heteroatoms. The number of aliphatic hydroxyl groups excluding tert-OH is 2. The zero-order chi connectivity index (χ0) is 11.3. The van der Waals surface area contributed by atoms with Crippen molar-refractivity contribution in [3.8, 4) is 0 Å². The van der Waals surface area contributed by atoms with Gasteiger partial charge in [-0.3, -0.25) is 0 Å². The fourth-order valence-electron chi connectivity index (χ4n) is 1.48. The fraction of sp³-hybridized carbons (Fsp3) is 0.500. The lowest BCUT2D eigenvalue weighted by Gasteiger charge is -2.17. The molecule has 0 aliphatic carbocycles. The molecule has 1 aromatic rings. The zero-order valence-corrected chi connectivity index (χ0v) is 8.86. The first-order valence-electron chi connectivity index (χ1n) is 5.26. The van der Waals surface area contributed by atoms with E-state index in [1.807, 2.05) is 6.92 Å². The molecule has 2 nitrogen and oxygen atoms in total. The van der Waals surface area contributed by atoms with Crippen LogP contribution in [0.15, 0.2) is 24.3 Å². The SMILES string of the molecule is CCCCC(O)C(O)c1cccc(F)c1. The Kier molecular flexibility index (Phi) is 4.72. The molecule has 0 heterocycles. The van der Waals surface area contributed by atoms with E-state index < -0.39 is 18.0 Å². The van der Waals surface area contributed by atoms with Crippen molar-refractivity contribution in [1.82, 2.24) is 0 Å². The Hall–Kier alpha value is -0.930. The number of benzene rings is 1. The summed E-state index contributed by atoms with van der Waals surface area (Å²) in [6.45, 7) is 2.02. The van der Waals surface area contributed by atoms with Crippen molar-refractivity contribution in [2.75, 3.05) is 0 Å². The van der Waals surface area contributed by atoms with E-state index in [1.165, 1.54) is 18.2 Å². The normalized spacial score (nSPS) is 14.9. The molecule has 15 heavy (non-hydrogen) atoms. The minimum atomic E-state index is -0.993. The van der Waals surface area contributed by atoms with E-state index in [0.29, 0.717) is 12.0 Å². The summed E-state index contributed by atoms with van der Waals surface area (Å²) < 4.78 is 12.9. The lowest BCUT2D eigenvalue weighted by atomic mass is 10.0. The topological polar surface area (TPSA) is 40.5 Å². The largest absolute Gasteiger partial charge is 0.390 e. The smallest absolute Gasteiger partial charge is 0.123 e. The van der Waals surface area contributed by atoms with Crippen LogP contribution in [0.5, 0.6) is 0 Å². The molecule has 0 aliphatic rings. The highest BCUT2D eigenvalue weighted by Gasteiger charge is 2.17. The van der Waals surface area contributed by atoms with Crippen LogP contribution in [0.4, 0.5) is 4.39 Å². The highest BCUT2D eigenvalue weighted by Crippen LogP contribution is 2.20. The summed E-state index contributed by atoms with van der Waals surface area (Å²) in [6.07, 6.45) is 0.549. The lowest BCUT2D eigenvalue weighted by Crippen LogP contribution is -2.18. The lowest BCUT2D eigenvalue weighted by molar-refractivity contribution is 0.0121. The van der Waals surface area contributed by atoms with Gasteiger partial charge in [-0.2, -0.15) is 0 Å². The Morgan fingerprint density at radius 1 is 1.33 bits per heavy atom. The molecule has 0 spiro atoms. The first kappa shape index (κ1) is 12.1. The third-order valence-electron chi connectivity index (χ3n) is 2.41. The quantitative estimate of drug-likeness (QED) is 0.786. The van der Waals surface area contributed by atoms with Gasteiger partial charge in [0, 0.05) is 0 Å². The second kappa shape index (κ2) is 5.83. The van der Waals surface area contributed by atoms with Gasteiger partial charge in [-0.25, -0.2) is 4.39 Å². The summed E-state index contributed by atoms with van der Waals surface area (Å²) in [6, 6.07) is 5.71. The predicted octanol–water partition coefficient (Wildman–Crippen LogP) is 2.41. The van der Waals surface area contributed by atoms with Crippen LogP contribution in [0.3, 0.4) is 0 Å². The molecule has 0 aliphatic heterocycles. The maximum absolute atomic E-state index is 12.9. The van der Waals surface area contributed by atoms with Crippen molar-refractivity contribution in [1.29, 1.82) is 0 Å². The summed E-state index contributed by atoms with van der Waals surface area (Å²) in [7, 11) is 0. The molecule has 0 radical (unpaired) electrons. The minimum Gasteiger partial charge on any atom is -0.390 e. The van der Waals surface area contributed by atoms with Gasteiger partial charge >= 0.3 is 0 Å². The number of halogens is 1. The molecule has 0 fully saturated rings. The molecule has 0 amide bonds.